The number of nitriles is 1. The van der Waals surface area contributed by atoms with Crippen LogP contribution in [0.1, 0.15) is 51.3 Å². The van der Waals surface area contributed by atoms with Crippen LogP contribution >= 0.6 is 0 Å². The van der Waals surface area contributed by atoms with E-state index >= 15 is 4.39 Å². The first-order valence-electron chi connectivity index (χ1n) is 12.0. The number of benzene rings is 1. The van der Waals surface area contributed by atoms with Gasteiger partial charge in [-0.1, -0.05) is 0 Å². The second kappa shape index (κ2) is 8.23. The molecular formula is C24H26FN9O. The van der Waals surface area contributed by atoms with Gasteiger partial charge in [-0.05, 0) is 57.6 Å². The second-order valence-corrected chi connectivity index (χ2v) is 9.96. The topological polar surface area (TPSA) is 129 Å². The predicted octanol–water partition coefficient (Wildman–Crippen LogP) is 2.68. The normalized spacial score (nSPS) is 27.9. The molecule has 4 heterocycles. The number of hydrogen-bond donors (Lipinski definition) is 2. The number of aromatic nitrogens is 6. The number of aromatic hydroxyl groups is 1. The highest BCUT2D eigenvalue weighted by Crippen LogP contribution is 2.42. The first-order valence-corrected chi connectivity index (χ1v) is 12.0. The van der Waals surface area contributed by atoms with Gasteiger partial charge in [0.05, 0.1) is 23.5 Å². The first-order chi connectivity index (χ1) is 16.9. The van der Waals surface area contributed by atoms with Crippen molar-refractivity contribution in [3.8, 4) is 28.9 Å². The van der Waals surface area contributed by atoms with E-state index in [9.17, 15) is 5.11 Å². The van der Waals surface area contributed by atoms with Gasteiger partial charge >= 0.3 is 0 Å². The molecule has 3 fully saturated rings. The van der Waals surface area contributed by atoms with Gasteiger partial charge in [0.2, 0.25) is 0 Å². The summed E-state index contributed by atoms with van der Waals surface area (Å²) in [6.45, 7) is 2.00. The van der Waals surface area contributed by atoms with Gasteiger partial charge in [-0.3, -0.25) is 0 Å². The number of halogens is 1. The third-order valence-electron chi connectivity index (χ3n) is 7.45. The van der Waals surface area contributed by atoms with E-state index in [-0.39, 0.29) is 29.5 Å². The van der Waals surface area contributed by atoms with Crippen molar-refractivity contribution in [2.45, 2.75) is 75.3 Å². The second-order valence-electron chi connectivity index (χ2n) is 9.96. The van der Waals surface area contributed by atoms with Crippen LogP contribution in [-0.4, -0.2) is 64.9 Å². The molecule has 2 saturated heterocycles. The van der Waals surface area contributed by atoms with Crippen LogP contribution in [0.5, 0.6) is 5.75 Å². The Kier molecular flexibility index (Phi) is 5.14. The summed E-state index contributed by atoms with van der Waals surface area (Å²) in [6.07, 6.45) is 7.77. The van der Waals surface area contributed by atoms with Crippen molar-refractivity contribution in [2.24, 2.45) is 0 Å². The zero-order chi connectivity index (χ0) is 24.2. The number of phenolic OH excluding ortho intramolecular Hbond substituents is 1. The van der Waals surface area contributed by atoms with Crippen LogP contribution in [0.2, 0.25) is 0 Å². The Labute approximate surface area is 201 Å². The number of anilines is 1. The molecule has 4 atom stereocenters. The Morgan fingerprint density at radius 3 is 2.80 bits per heavy atom. The van der Waals surface area contributed by atoms with Crippen LogP contribution in [0.3, 0.4) is 0 Å². The summed E-state index contributed by atoms with van der Waals surface area (Å²) in [6, 6.07) is 7.08. The lowest BCUT2D eigenvalue weighted by atomic mass is 9.73. The lowest BCUT2D eigenvalue weighted by molar-refractivity contribution is 0.0385. The minimum Gasteiger partial charge on any atom is -0.507 e. The molecule has 0 unspecified atom stereocenters. The summed E-state index contributed by atoms with van der Waals surface area (Å²) in [4.78, 5) is 10.5. The molecule has 0 amide bonds. The molecule has 180 valence electrons. The van der Waals surface area contributed by atoms with E-state index in [1.165, 1.54) is 17.1 Å². The number of rotatable bonds is 5. The monoisotopic (exact) mass is 475 g/mol. The smallest absolute Gasteiger partial charge is 0.252 e. The number of alkyl halides is 1. The molecule has 0 spiro atoms. The molecular weight excluding hydrogens is 449 g/mol. The Morgan fingerprint density at radius 1 is 1.26 bits per heavy atom. The first kappa shape index (κ1) is 21.9. The average Bonchev–Trinajstić information content (AvgIpc) is 3.57. The summed E-state index contributed by atoms with van der Waals surface area (Å²) >= 11 is 0. The Bertz CT molecular complexity index is 1280. The van der Waals surface area contributed by atoms with Crippen molar-refractivity contribution in [3.05, 3.63) is 36.5 Å². The number of piperidine rings is 2. The summed E-state index contributed by atoms with van der Waals surface area (Å²) in [7, 11) is 0. The number of phenols is 1. The highest BCUT2D eigenvalue weighted by atomic mass is 19.1. The third kappa shape index (κ3) is 3.87. The Hall–Kier alpha value is -3.65. The van der Waals surface area contributed by atoms with Crippen molar-refractivity contribution in [2.75, 3.05) is 4.90 Å². The zero-order valence-corrected chi connectivity index (χ0v) is 19.3. The molecule has 2 N–H and O–H groups in total. The quantitative estimate of drug-likeness (QED) is 0.572. The molecule has 1 saturated carbocycles. The van der Waals surface area contributed by atoms with E-state index in [4.69, 9.17) is 5.26 Å². The maximum atomic E-state index is 15.8. The van der Waals surface area contributed by atoms with Crippen LogP contribution in [0, 0.1) is 11.3 Å². The number of hydrogen-bond acceptors (Lipinski definition) is 9. The molecule has 3 aliphatic rings. The molecule has 1 aromatic carbocycles. The van der Waals surface area contributed by atoms with Gasteiger partial charge in [0.15, 0.2) is 11.6 Å². The van der Waals surface area contributed by atoms with E-state index in [0.29, 0.717) is 23.1 Å². The minimum absolute atomic E-state index is 0.0405. The van der Waals surface area contributed by atoms with Gasteiger partial charge in [-0.2, -0.15) is 5.26 Å². The molecule has 2 bridgehead atoms. The Balaban J connectivity index is 1.26. The van der Waals surface area contributed by atoms with E-state index in [2.05, 4.69) is 35.5 Å². The van der Waals surface area contributed by atoms with Gasteiger partial charge in [-0.15, -0.1) is 15.3 Å². The summed E-state index contributed by atoms with van der Waals surface area (Å²) in [5.41, 5.74) is 0.452. The van der Waals surface area contributed by atoms with Crippen LogP contribution in [0.4, 0.5) is 10.2 Å². The SMILES string of the molecule is C[C@]12CCC[C@@H](C[C@@H](N(c3cnc(-c4ccc(-n5cnc(C#N)n5)cc4O)nn3)C3CC3)[C@H]1F)N2. The third-order valence-corrected chi connectivity index (χ3v) is 7.45. The highest BCUT2D eigenvalue weighted by Gasteiger charge is 2.52. The van der Waals surface area contributed by atoms with E-state index < -0.39 is 11.7 Å². The number of fused-ring (bicyclic) bond motifs is 2. The van der Waals surface area contributed by atoms with Gasteiger partial charge < -0.3 is 15.3 Å². The van der Waals surface area contributed by atoms with E-state index in [1.54, 1.807) is 18.3 Å². The molecule has 3 aromatic rings. The van der Waals surface area contributed by atoms with Crippen LogP contribution in [-0.2, 0) is 0 Å². The average molecular weight is 476 g/mol. The van der Waals surface area contributed by atoms with Crippen molar-refractivity contribution < 1.29 is 9.50 Å². The maximum Gasteiger partial charge on any atom is 0.252 e. The standard InChI is InChI=1S/C24H26FN9O/c1-24-8-2-3-14(29-24)9-18(22(24)25)34(15-4-5-15)21-12-27-23(31-30-21)17-7-6-16(10-19(17)35)33-13-28-20(11-26)32-33/h6-7,10,12-15,18,22,29,35H,2-5,8-9H2,1H3/t14-,18+,22+,24-/m0/s1. The van der Waals surface area contributed by atoms with Crippen molar-refractivity contribution in [1.82, 2.24) is 35.3 Å². The molecule has 2 aromatic heterocycles. The van der Waals surface area contributed by atoms with Crippen molar-refractivity contribution in [1.29, 1.82) is 5.26 Å². The van der Waals surface area contributed by atoms with Crippen LogP contribution in [0.25, 0.3) is 17.1 Å². The van der Waals surface area contributed by atoms with Crippen LogP contribution < -0.4 is 10.2 Å². The van der Waals surface area contributed by atoms with Gasteiger partial charge in [0.25, 0.3) is 5.82 Å². The number of nitrogens with zero attached hydrogens (tertiary/aromatic N) is 8. The fourth-order valence-corrected chi connectivity index (χ4v) is 5.59. The largest absolute Gasteiger partial charge is 0.507 e. The molecule has 2 aliphatic heterocycles. The zero-order valence-electron chi connectivity index (χ0n) is 19.3. The lowest BCUT2D eigenvalue weighted by Gasteiger charge is -2.52. The van der Waals surface area contributed by atoms with Crippen molar-refractivity contribution >= 4 is 5.82 Å². The van der Waals surface area contributed by atoms with E-state index in [0.717, 1.165) is 38.5 Å². The molecule has 0 radical (unpaired) electrons. The summed E-state index contributed by atoms with van der Waals surface area (Å²) in [5.74, 6) is 0.845. The predicted molar refractivity (Wildman–Crippen MR) is 125 cm³/mol. The fraction of sp³-hybridized carbons (Fsp3) is 0.500. The molecule has 11 heteroatoms. The summed E-state index contributed by atoms with van der Waals surface area (Å²) < 4.78 is 17.2. The van der Waals surface area contributed by atoms with Crippen molar-refractivity contribution in [3.63, 3.8) is 0 Å². The van der Waals surface area contributed by atoms with Gasteiger partial charge in [0, 0.05) is 23.7 Å². The Morgan fingerprint density at radius 2 is 2.11 bits per heavy atom. The molecule has 6 rings (SSSR count). The van der Waals surface area contributed by atoms with Crippen LogP contribution in [0.15, 0.2) is 30.7 Å². The minimum atomic E-state index is -1.00. The summed E-state index contributed by atoms with van der Waals surface area (Å²) in [5, 5.41) is 35.8. The fourth-order valence-electron chi connectivity index (χ4n) is 5.59. The highest BCUT2D eigenvalue weighted by molar-refractivity contribution is 5.66. The number of nitrogens with one attached hydrogen (secondary N) is 1. The lowest BCUT2D eigenvalue weighted by Crippen LogP contribution is -2.69. The van der Waals surface area contributed by atoms with Gasteiger partial charge in [-0.25, -0.2) is 19.0 Å². The molecule has 10 nitrogen and oxygen atoms in total. The molecule has 1 aliphatic carbocycles. The molecule has 35 heavy (non-hydrogen) atoms. The van der Waals surface area contributed by atoms with Gasteiger partial charge in [0.1, 0.15) is 24.3 Å². The maximum absolute atomic E-state index is 15.8. The van der Waals surface area contributed by atoms with E-state index in [1.807, 2.05) is 13.0 Å².